The topological polar surface area (TPSA) is 70.2 Å². The van der Waals surface area contributed by atoms with Gasteiger partial charge in [0.25, 0.3) is 0 Å². The molecule has 0 radical (unpaired) electrons. The van der Waals surface area contributed by atoms with Crippen molar-refractivity contribution >= 4 is 17.1 Å². The fraction of sp³-hybridized carbons (Fsp3) is 0.300. The number of H-pyrrole nitrogens is 1. The maximum Gasteiger partial charge on any atom is 0.317 e. The number of aromatic amines is 1. The van der Waals surface area contributed by atoms with E-state index >= 15 is 0 Å². The van der Waals surface area contributed by atoms with Crippen molar-refractivity contribution in [3.05, 3.63) is 65.5 Å². The number of ether oxygens (including phenoxy) is 1. The summed E-state index contributed by atoms with van der Waals surface area (Å²) in [7, 11) is 0. The SMILES string of the molecule is O=C(NCCc1nc2ccccc2[nH]1)N1CCOC(c2ccc(F)cc2F)C1. The molecule has 1 saturated heterocycles. The number of hydrogen-bond donors (Lipinski definition) is 2. The smallest absolute Gasteiger partial charge is 0.317 e. The Morgan fingerprint density at radius 3 is 2.96 bits per heavy atom. The van der Waals surface area contributed by atoms with Gasteiger partial charge in [0.1, 0.15) is 23.6 Å². The van der Waals surface area contributed by atoms with E-state index in [1.165, 1.54) is 12.1 Å². The number of morpholine rings is 1. The van der Waals surface area contributed by atoms with E-state index in [0.29, 0.717) is 26.1 Å². The van der Waals surface area contributed by atoms with Crippen LogP contribution >= 0.6 is 0 Å². The van der Waals surface area contributed by atoms with Crippen molar-refractivity contribution in [1.29, 1.82) is 0 Å². The van der Waals surface area contributed by atoms with Gasteiger partial charge in [0.05, 0.1) is 24.2 Å². The Morgan fingerprint density at radius 2 is 2.14 bits per heavy atom. The number of benzene rings is 2. The highest BCUT2D eigenvalue weighted by molar-refractivity contribution is 5.75. The summed E-state index contributed by atoms with van der Waals surface area (Å²) in [6.07, 6.45) is -0.0451. The molecule has 2 N–H and O–H groups in total. The summed E-state index contributed by atoms with van der Waals surface area (Å²) in [5, 5.41) is 2.86. The average Bonchev–Trinajstić information content (AvgIpc) is 3.11. The van der Waals surface area contributed by atoms with Crippen LogP contribution < -0.4 is 5.32 Å². The molecular weight excluding hydrogens is 366 g/mol. The van der Waals surface area contributed by atoms with Crippen LogP contribution in [0, 0.1) is 11.6 Å². The maximum atomic E-state index is 14.0. The molecule has 2 heterocycles. The largest absolute Gasteiger partial charge is 0.370 e. The first-order valence-corrected chi connectivity index (χ1v) is 9.13. The maximum absolute atomic E-state index is 14.0. The zero-order valence-electron chi connectivity index (χ0n) is 15.1. The highest BCUT2D eigenvalue weighted by atomic mass is 19.1. The summed E-state index contributed by atoms with van der Waals surface area (Å²) < 4.78 is 32.7. The van der Waals surface area contributed by atoms with Gasteiger partial charge >= 0.3 is 6.03 Å². The Kier molecular flexibility index (Phi) is 5.21. The first kappa shape index (κ1) is 18.4. The number of amides is 2. The lowest BCUT2D eigenvalue weighted by molar-refractivity contribution is -0.0171. The zero-order chi connectivity index (χ0) is 19.5. The van der Waals surface area contributed by atoms with Gasteiger partial charge in [0.2, 0.25) is 0 Å². The third-order valence-corrected chi connectivity index (χ3v) is 4.74. The second kappa shape index (κ2) is 7.93. The minimum atomic E-state index is -0.669. The number of nitrogens with one attached hydrogen (secondary N) is 2. The Bertz CT molecular complexity index is 958. The third-order valence-electron chi connectivity index (χ3n) is 4.74. The van der Waals surface area contributed by atoms with Crippen LogP contribution in [0.15, 0.2) is 42.5 Å². The highest BCUT2D eigenvalue weighted by Crippen LogP contribution is 2.25. The number of imidazole rings is 1. The van der Waals surface area contributed by atoms with Crippen molar-refractivity contribution in [2.24, 2.45) is 0 Å². The minimum Gasteiger partial charge on any atom is -0.370 e. The van der Waals surface area contributed by atoms with Crippen LogP contribution in [0.3, 0.4) is 0 Å². The van der Waals surface area contributed by atoms with Crippen LogP contribution in [0.5, 0.6) is 0 Å². The van der Waals surface area contributed by atoms with Crippen molar-refractivity contribution in [2.75, 3.05) is 26.2 Å². The Balaban J connectivity index is 1.32. The van der Waals surface area contributed by atoms with Crippen LogP contribution in [0.2, 0.25) is 0 Å². The molecule has 2 amide bonds. The number of para-hydroxylation sites is 2. The van der Waals surface area contributed by atoms with E-state index < -0.39 is 17.7 Å². The molecule has 3 aromatic rings. The minimum absolute atomic E-state index is 0.207. The van der Waals surface area contributed by atoms with Crippen LogP contribution in [0.1, 0.15) is 17.5 Å². The van der Waals surface area contributed by atoms with Crippen LogP contribution in [0.25, 0.3) is 11.0 Å². The lowest BCUT2D eigenvalue weighted by Gasteiger charge is -2.33. The number of fused-ring (bicyclic) bond motifs is 1. The molecule has 1 aliphatic heterocycles. The Hall–Kier alpha value is -3.00. The molecule has 1 fully saturated rings. The van der Waals surface area contributed by atoms with Gasteiger partial charge in [0.15, 0.2) is 0 Å². The number of halogens is 2. The number of rotatable bonds is 4. The van der Waals surface area contributed by atoms with Crippen LogP contribution in [0.4, 0.5) is 13.6 Å². The molecule has 6 nitrogen and oxygen atoms in total. The molecule has 2 aromatic carbocycles. The van der Waals surface area contributed by atoms with Crippen LogP contribution in [-0.2, 0) is 11.2 Å². The Morgan fingerprint density at radius 1 is 1.29 bits per heavy atom. The van der Waals surface area contributed by atoms with Crippen molar-refractivity contribution in [3.63, 3.8) is 0 Å². The van der Waals surface area contributed by atoms with Gasteiger partial charge in [-0.2, -0.15) is 0 Å². The van der Waals surface area contributed by atoms with E-state index in [1.807, 2.05) is 24.3 Å². The molecule has 1 unspecified atom stereocenters. The second-order valence-electron chi connectivity index (χ2n) is 6.65. The number of urea groups is 1. The normalized spacial score (nSPS) is 17.1. The summed E-state index contributed by atoms with van der Waals surface area (Å²) in [6.45, 7) is 1.33. The van der Waals surface area contributed by atoms with Crippen LogP contribution in [-0.4, -0.2) is 47.1 Å². The van der Waals surface area contributed by atoms with Gasteiger partial charge in [-0.25, -0.2) is 18.6 Å². The zero-order valence-corrected chi connectivity index (χ0v) is 15.1. The Labute approximate surface area is 160 Å². The number of hydrogen-bond acceptors (Lipinski definition) is 3. The van der Waals surface area contributed by atoms with E-state index in [9.17, 15) is 13.6 Å². The van der Waals surface area contributed by atoms with Crippen molar-refractivity contribution in [3.8, 4) is 0 Å². The molecule has 0 aliphatic carbocycles. The molecule has 146 valence electrons. The fourth-order valence-corrected chi connectivity index (χ4v) is 3.31. The van der Waals surface area contributed by atoms with Crippen molar-refractivity contribution in [1.82, 2.24) is 20.2 Å². The van der Waals surface area contributed by atoms with E-state index in [-0.39, 0.29) is 18.1 Å². The summed E-state index contributed by atoms with van der Waals surface area (Å²) in [4.78, 5) is 21.7. The summed E-state index contributed by atoms with van der Waals surface area (Å²) >= 11 is 0. The molecule has 8 heteroatoms. The number of nitrogens with zero attached hydrogens (tertiary/aromatic N) is 2. The standard InChI is InChI=1S/C20H20F2N4O2/c21-13-5-6-14(15(22)11-13)18-12-26(9-10-28-18)20(27)23-8-7-19-24-16-3-1-2-4-17(16)25-19/h1-6,11,18H,7-10,12H2,(H,23,27)(H,24,25). The third kappa shape index (κ3) is 3.96. The first-order chi connectivity index (χ1) is 13.6. The average molecular weight is 386 g/mol. The molecule has 1 atom stereocenters. The van der Waals surface area contributed by atoms with Gasteiger partial charge < -0.3 is 19.9 Å². The molecule has 0 spiro atoms. The monoisotopic (exact) mass is 386 g/mol. The summed E-state index contributed by atoms with van der Waals surface area (Å²) in [5.74, 6) is -0.510. The first-order valence-electron chi connectivity index (χ1n) is 9.13. The van der Waals surface area contributed by atoms with Gasteiger partial charge in [-0.1, -0.05) is 18.2 Å². The van der Waals surface area contributed by atoms with E-state index in [4.69, 9.17) is 4.74 Å². The fourth-order valence-electron chi connectivity index (χ4n) is 3.31. The van der Waals surface area contributed by atoms with Gasteiger partial charge in [-0.15, -0.1) is 0 Å². The van der Waals surface area contributed by atoms with E-state index in [0.717, 1.165) is 22.9 Å². The lowest BCUT2D eigenvalue weighted by Crippen LogP contribution is -2.47. The molecule has 0 saturated carbocycles. The van der Waals surface area contributed by atoms with Gasteiger partial charge in [-0.05, 0) is 18.2 Å². The molecule has 0 bridgehead atoms. The number of aromatic nitrogens is 2. The molecule has 1 aliphatic rings. The molecule has 1 aromatic heterocycles. The van der Waals surface area contributed by atoms with Crippen molar-refractivity contribution < 1.29 is 18.3 Å². The quantitative estimate of drug-likeness (QED) is 0.724. The summed E-state index contributed by atoms with van der Waals surface area (Å²) in [5.41, 5.74) is 2.10. The second-order valence-corrected chi connectivity index (χ2v) is 6.65. The van der Waals surface area contributed by atoms with Gasteiger partial charge in [-0.3, -0.25) is 0 Å². The predicted octanol–water partition coefficient (Wildman–Crippen LogP) is 3.17. The number of carbonyl (C=O) groups is 1. The van der Waals surface area contributed by atoms with E-state index in [1.54, 1.807) is 4.90 Å². The highest BCUT2D eigenvalue weighted by Gasteiger charge is 2.27. The predicted molar refractivity (Wildman–Crippen MR) is 99.8 cm³/mol. The number of carbonyl (C=O) groups excluding carboxylic acids is 1. The molecular formula is C20H20F2N4O2. The summed E-state index contributed by atoms with van der Waals surface area (Å²) in [6, 6.07) is 10.9. The molecule has 4 rings (SSSR count). The lowest BCUT2D eigenvalue weighted by atomic mass is 10.1. The van der Waals surface area contributed by atoms with Gasteiger partial charge in [0, 0.05) is 31.1 Å². The van der Waals surface area contributed by atoms with E-state index in [2.05, 4.69) is 15.3 Å². The molecule has 28 heavy (non-hydrogen) atoms. The van der Waals surface area contributed by atoms with Crippen molar-refractivity contribution in [2.45, 2.75) is 12.5 Å².